The Hall–Kier alpha value is -1.36. The summed E-state index contributed by atoms with van der Waals surface area (Å²) >= 11 is 0. The molecule has 0 aliphatic heterocycles. The van der Waals surface area contributed by atoms with Gasteiger partial charge in [-0.15, -0.1) is 0 Å². The molecule has 0 radical (unpaired) electrons. The lowest BCUT2D eigenvalue weighted by atomic mass is 9.97. The summed E-state index contributed by atoms with van der Waals surface area (Å²) in [4.78, 5) is 0. The van der Waals surface area contributed by atoms with Gasteiger partial charge in [0.25, 0.3) is 0 Å². The van der Waals surface area contributed by atoms with Gasteiger partial charge in [-0.2, -0.15) is 5.26 Å². The summed E-state index contributed by atoms with van der Waals surface area (Å²) in [5, 5.41) is 8.70. The van der Waals surface area contributed by atoms with Crippen LogP contribution in [0.5, 0.6) is 0 Å². The summed E-state index contributed by atoms with van der Waals surface area (Å²) in [5.41, 5.74) is 2.33. The molecule has 1 aromatic rings. The van der Waals surface area contributed by atoms with Gasteiger partial charge in [0.1, 0.15) is 5.82 Å². The first kappa shape index (κ1) is 9.21. The van der Waals surface area contributed by atoms with E-state index in [-0.39, 0.29) is 5.82 Å². The van der Waals surface area contributed by atoms with Gasteiger partial charge in [-0.25, -0.2) is 4.39 Å². The van der Waals surface area contributed by atoms with Crippen LogP contribution < -0.4 is 0 Å². The Balaban J connectivity index is 2.53. The number of hydrogen-bond acceptors (Lipinski definition) is 1. The summed E-state index contributed by atoms with van der Waals surface area (Å²) in [6.07, 6.45) is 2.92. The van der Waals surface area contributed by atoms with Crippen molar-refractivity contribution in [1.82, 2.24) is 0 Å². The average molecular weight is 189 g/mol. The summed E-state index contributed by atoms with van der Waals surface area (Å²) < 4.78 is 13.6. The highest BCUT2D eigenvalue weighted by molar-refractivity contribution is 5.43. The molecule has 0 spiro atoms. The van der Waals surface area contributed by atoms with Crippen molar-refractivity contribution in [3.05, 3.63) is 34.6 Å². The third kappa shape index (κ3) is 1.29. The molecule has 72 valence electrons. The van der Waals surface area contributed by atoms with Crippen LogP contribution in [0.4, 0.5) is 4.39 Å². The van der Waals surface area contributed by atoms with E-state index in [1.807, 2.05) is 12.1 Å². The van der Waals surface area contributed by atoms with Crippen molar-refractivity contribution in [1.29, 1.82) is 5.26 Å². The Labute approximate surface area is 83.2 Å². The van der Waals surface area contributed by atoms with Crippen LogP contribution in [0.2, 0.25) is 0 Å². The van der Waals surface area contributed by atoms with Crippen LogP contribution in [0.25, 0.3) is 0 Å². The fourth-order valence-electron chi connectivity index (χ4n) is 2.29. The van der Waals surface area contributed by atoms with Crippen LogP contribution in [-0.4, -0.2) is 0 Å². The standard InChI is InChI=1S/C12H12FN/c1-2-9-3-4-10-5-8(7-14)6-11(13)12(9)10/h5-6,9H,2-4H2,1H3. The second-order valence-corrected chi connectivity index (χ2v) is 3.79. The Bertz CT molecular complexity index is 404. The highest BCUT2D eigenvalue weighted by Gasteiger charge is 2.24. The molecule has 1 atom stereocenters. The van der Waals surface area contributed by atoms with Gasteiger partial charge < -0.3 is 0 Å². The Morgan fingerprint density at radius 3 is 3.00 bits per heavy atom. The topological polar surface area (TPSA) is 23.8 Å². The second kappa shape index (κ2) is 3.42. The molecule has 0 aromatic heterocycles. The number of nitrogens with zero attached hydrogens (tertiary/aromatic N) is 1. The van der Waals surface area contributed by atoms with E-state index in [0.717, 1.165) is 30.4 Å². The Morgan fingerprint density at radius 1 is 1.57 bits per heavy atom. The van der Waals surface area contributed by atoms with Gasteiger partial charge in [-0.1, -0.05) is 6.92 Å². The lowest BCUT2D eigenvalue weighted by Gasteiger charge is -2.09. The van der Waals surface area contributed by atoms with Crippen molar-refractivity contribution in [2.24, 2.45) is 0 Å². The maximum atomic E-state index is 13.6. The largest absolute Gasteiger partial charge is 0.207 e. The second-order valence-electron chi connectivity index (χ2n) is 3.79. The Kier molecular flexibility index (Phi) is 2.25. The monoisotopic (exact) mass is 189 g/mol. The molecule has 0 fully saturated rings. The molecule has 1 nitrogen and oxygen atoms in total. The molecule has 1 aliphatic carbocycles. The predicted molar refractivity (Wildman–Crippen MR) is 52.5 cm³/mol. The number of halogens is 1. The number of nitriles is 1. The number of benzene rings is 1. The molecule has 1 unspecified atom stereocenters. The van der Waals surface area contributed by atoms with Crippen molar-refractivity contribution in [3.63, 3.8) is 0 Å². The molecule has 0 N–H and O–H groups in total. The van der Waals surface area contributed by atoms with Crippen LogP contribution in [-0.2, 0) is 6.42 Å². The Morgan fingerprint density at radius 2 is 2.36 bits per heavy atom. The van der Waals surface area contributed by atoms with Crippen LogP contribution in [0.3, 0.4) is 0 Å². The van der Waals surface area contributed by atoms with E-state index in [0.29, 0.717) is 11.5 Å². The molecular weight excluding hydrogens is 177 g/mol. The zero-order chi connectivity index (χ0) is 10.1. The first-order valence-electron chi connectivity index (χ1n) is 4.98. The molecule has 0 saturated carbocycles. The predicted octanol–water partition coefficient (Wildman–Crippen LogP) is 3.14. The van der Waals surface area contributed by atoms with Gasteiger partial charge in [0, 0.05) is 0 Å². The van der Waals surface area contributed by atoms with Crippen molar-refractivity contribution in [2.45, 2.75) is 32.1 Å². The van der Waals surface area contributed by atoms with Crippen LogP contribution in [0.1, 0.15) is 42.4 Å². The highest BCUT2D eigenvalue weighted by atomic mass is 19.1. The quantitative estimate of drug-likeness (QED) is 0.665. The zero-order valence-electron chi connectivity index (χ0n) is 8.18. The van der Waals surface area contributed by atoms with E-state index < -0.39 is 0 Å². The summed E-state index contributed by atoms with van der Waals surface area (Å²) in [6.45, 7) is 2.08. The lowest BCUT2D eigenvalue weighted by molar-refractivity contribution is 0.573. The van der Waals surface area contributed by atoms with Crippen LogP contribution >= 0.6 is 0 Å². The summed E-state index contributed by atoms with van der Waals surface area (Å²) in [5.74, 6) is 0.168. The minimum Gasteiger partial charge on any atom is -0.207 e. The fourth-order valence-corrected chi connectivity index (χ4v) is 2.29. The minimum absolute atomic E-state index is 0.191. The van der Waals surface area contributed by atoms with E-state index in [2.05, 4.69) is 6.92 Å². The SMILES string of the molecule is CCC1CCc2cc(C#N)cc(F)c21. The van der Waals surface area contributed by atoms with Crippen LogP contribution in [0.15, 0.2) is 12.1 Å². The summed E-state index contributed by atoms with van der Waals surface area (Å²) in [6, 6.07) is 5.17. The zero-order valence-corrected chi connectivity index (χ0v) is 8.18. The van der Waals surface area contributed by atoms with E-state index in [1.54, 1.807) is 0 Å². The number of rotatable bonds is 1. The first-order chi connectivity index (χ1) is 6.76. The molecule has 0 bridgehead atoms. The van der Waals surface area contributed by atoms with Gasteiger partial charge in [-0.3, -0.25) is 0 Å². The number of aryl methyl sites for hydroxylation is 1. The third-order valence-electron chi connectivity index (χ3n) is 3.01. The molecule has 1 aliphatic rings. The number of fused-ring (bicyclic) bond motifs is 1. The van der Waals surface area contributed by atoms with Crippen molar-refractivity contribution < 1.29 is 4.39 Å². The molecule has 2 rings (SSSR count). The summed E-state index contributed by atoms with van der Waals surface area (Å²) in [7, 11) is 0. The molecule has 14 heavy (non-hydrogen) atoms. The van der Waals surface area contributed by atoms with Crippen LogP contribution in [0, 0.1) is 17.1 Å². The molecular formula is C12H12FN. The lowest BCUT2D eigenvalue weighted by Crippen LogP contribution is -1.96. The van der Waals surface area contributed by atoms with Gasteiger partial charge in [0.2, 0.25) is 0 Å². The smallest absolute Gasteiger partial charge is 0.128 e. The third-order valence-corrected chi connectivity index (χ3v) is 3.01. The molecule has 0 saturated heterocycles. The van der Waals surface area contributed by atoms with E-state index in [9.17, 15) is 4.39 Å². The molecule has 2 heteroatoms. The minimum atomic E-state index is -0.191. The molecule has 1 aromatic carbocycles. The van der Waals surface area contributed by atoms with Gasteiger partial charge in [0.15, 0.2) is 0 Å². The van der Waals surface area contributed by atoms with E-state index in [4.69, 9.17) is 5.26 Å². The van der Waals surface area contributed by atoms with Crippen molar-refractivity contribution in [3.8, 4) is 6.07 Å². The maximum absolute atomic E-state index is 13.6. The number of hydrogen-bond donors (Lipinski definition) is 0. The van der Waals surface area contributed by atoms with E-state index in [1.165, 1.54) is 6.07 Å². The van der Waals surface area contributed by atoms with Gasteiger partial charge in [0.05, 0.1) is 11.6 Å². The average Bonchev–Trinajstić information content (AvgIpc) is 2.61. The maximum Gasteiger partial charge on any atom is 0.128 e. The highest BCUT2D eigenvalue weighted by Crippen LogP contribution is 2.37. The van der Waals surface area contributed by atoms with Crippen molar-refractivity contribution >= 4 is 0 Å². The van der Waals surface area contributed by atoms with Crippen molar-refractivity contribution in [2.75, 3.05) is 0 Å². The first-order valence-corrected chi connectivity index (χ1v) is 4.98. The fraction of sp³-hybridized carbons (Fsp3) is 0.417. The van der Waals surface area contributed by atoms with Gasteiger partial charge in [-0.05, 0) is 48.4 Å². The normalized spacial score (nSPS) is 19.1. The van der Waals surface area contributed by atoms with E-state index >= 15 is 0 Å². The molecule has 0 amide bonds. The molecule has 0 heterocycles. The van der Waals surface area contributed by atoms with Gasteiger partial charge >= 0.3 is 0 Å².